The predicted octanol–water partition coefficient (Wildman–Crippen LogP) is 4.40. The van der Waals surface area contributed by atoms with Crippen molar-refractivity contribution in [3.63, 3.8) is 0 Å². The molecule has 1 N–H and O–H groups in total. The molecule has 3 aromatic carbocycles. The summed E-state index contributed by atoms with van der Waals surface area (Å²) >= 11 is 0. The Balaban J connectivity index is 2.05. The van der Waals surface area contributed by atoms with Gasteiger partial charge in [0.2, 0.25) is 11.8 Å². The number of carbonyl (C=O) groups excluding carboxylic acids is 2. The molecule has 3 aromatic rings. The van der Waals surface area contributed by atoms with E-state index in [0.29, 0.717) is 24.4 Å². The van der Waals surface area contributed by atoms with Crippen LogP contribution >= 0.6 is 0 Å². The Morgan fingerprint density at radius 3 is 2.18 bits per heavy atom. The number of nitrogens with zero attached hydrogens (tertiary/aromatic N) is 2. The van der Waals surface area contributed by atoms with Crippen molar-refractivity contribution in [2.24, 2.45) is 0 Å². The normalized spacial score (nSPS) is 11.9. The van der Waals surface area contributed by atoms with E-state index < -0.39 is 28.5 Å². The number of ether oxygens (including phenoxy) is 1. The highest BCUT2D eigenvalue weighted by molar-refractivity contribution is 7.92. The number of nitrogens with one attached hydrogen (secondary N) is 1. The van der Waals surface area contributed by atoms with E-state index in [4.69, 9.17) is 4.74 Å². The zero-order valence-corrected chi connectivity index (χ0v) is 23.8. The molecule has 0 bridgehead atoms. The summed E-state index contributed by atoms with van der Waals surface area (Å²) in [6.07, 6.45) is 1.15. The van der Waals surface area contributed by atoms with Crippen molar-refractivity contribution >= 4 is 27.5 Å². The molecule has 0 aliphatic rings. The number of methoxy groups -OCH3 is 1. The molecule has 0 aliphatic heterocycles. The minimum absolute atomic E-state index is 0.0764. The molecule has 0 fully saturated rings. The van der Waals surface area contributed by atoms with Crippen molar-refractivity contribution in [3.05, 3.63) is 90.0 Å². The van der Waals surface area contributed by atoms with Gasteiger partial charge in [0.25, 0.3) is 10.0 Å². The van der Waals surface area contributed by atoms with Gasteiger partial charge in [-0.2, -0.15) is 0 Å². The van der Waals surface area contributed by atoms with Gasteiger partial charge in [0.1, 0.15) is 18.3 Å². The largest absolute Gasteiger partial charge is 0.497 e. The molecular formula is C30H37N3O5S. The van der Waals surface area contributed by atoms with Crippen molar-refractivity contribution < 1.29 is 22.7 Å². The maximum absolute atomic E-state index is 14.0. The first kappa shape index (κ1) is 29.7. The van der Waals surface area contributed by atoms with Crippen LogP contribution in [0, 0.1) is 0 Å². The van der Waals surface area contributed by atoms with Crippen LogP contribution in [0.2, 0.25) is 0 Å². The van der Waals surface area contributed by atoms with E-state index in [0.717, 1.165) is 21.9 Å². The lowest BCUT2D eigenvalue weighted by Gasteiger charge is -2.33. The second kappa shape index (κ2) is 13.8. The van der Waals surface area contributed by atoms with Crippen molar-refractivity contribution in [1.29, 1.82) is 0 Å². The molecule has 0 aromatic heterocycles. The van der Waals surface area contributed by atoms with Crippen LogP contribution in [-0.2, 0) is 32.6 Å². The Morgan fingerprint density at radius 2 is 1.59 bits per heavy atom. The highest BCUT2D eigenvalue weighted by atomic mass is 32.2. The summed E-state index contributed by atoms with van der Waals surface area (Å²) in [7, 11) is -2.53. The third kappa shape index (κ3) is 7.38. The number of aryl methyl sites for hydroxylation is 1. The zero-order valence-electron chi connectivity index (χ0n) is 23.0. The molecule has 0 aliphatic carbocycles. The average Bonchev–Trinajstić information content (AvgIpc) is 2.96. The standard InChI is InChI=1S/C30H37N3O5S/c1-5-23-16-18-25(19-17-23)33(39(36,37)27-14-9-8-10-15-27)22-29(34)32(28(6-2)30(35)31-7-3)21-24-12-11-13-26(20-24)38-4/h8-20,28H,5-7,21-22H2,1-4H3,(H,31,35). The van der Waals surface area contributed by atoms with E-state index in [2.05, 4.69) is 5.32 Å². The molecular weight excluding hydrogens is 514 g/mol. The van der Waals surface area contributed by atoms with Crippen LogP contribution in [0.4, 0.5) is 5.69 Å². The van der Waals surface area contributed by atoms with Gasteiger partial charge in [-0.15, -0.1) is 0 Å². The minimum Gasteiger partial charge on any atom is -0.497 e. The summed E-state index contributed by atoms with van der Waals surface area (Å²) in [6, 6.07) is 21.6. The lowest BCUT2D eigenvalue weighted by Crippen LogP contribution is -2.52. The molecule has 208 valence electrons. The van der Waals surface area contributed by atoms with Gasteiger partial charge >= 0.3 is 0 Å². The number of sulfonamides is 1. The van der Waals surface area contributed by atoms with E-state index >= 15 is 0 Å². The molecule has 1 unspecified atom stereocenters. The van der Waals surface area contributed by atoms with E-state index in [1.165, 1.54) is 17.0 Å². The van der Waals surface area contributed by atoms with Crippen LogP contribution < -0.4 is 14.4 Å². The van der Waals surface area contributed by atoms with Gasteiger partial charge in [-0.05, 0) is 67.3 Å². The van der Waals surface area contributed by atoms with Crippen LogP contribution in [0.15, 0.2) is 83.8 Å². The Labute approximate surface area is 231 Å². The quantitative estimate of drug-likeness (QED) is 0.340. The highest BCUT2D eigenvalue weighted by Gasteiger charge is 2.33. The van der Waals surface area contributed by atoms with Gasteiger partial charge in [0.05, 0.1) is 17.7 Å². The van der Waals surface area contributed by atoms with Gasteiger partial charge in [-0.1, -0.05) is 56.3 Å². The molecule has 2 amide bonds. The number of hydrogen-bond acceptors (Lipinski definition) is 5. The first-order chi connectivity index (χ1) is 18.7. The Morgan fingerprint density at radius 1 is 0.897 bits per heavy atom. The molecule has 0 radical (unpaired) electrons. The number of likely N-dealkylation sites (N-methyl/N-ethyl adjacent to an activating group) is 1. The molecule has 0 heterocycles. The zero-order chi connectivity index (χ0) is 28.4. The Hall–Kier alpha value is -3.85. The molecule has 3 rings (SSSR count). The fourth-order valence-electron chi connectivity index (χ4n) is 4.33. The molecule has 8 nitrogen and oxygen atoms in total. The maximum Gasteiger partial charge on any atom is 0.264 e. The second-order valence-corrected chi connectivity index (χ2v) is 10.9. The topological polar surface area (TPSA) is 96.0 Å². The first-order valence-corrected chi connectivity index (χ1v) is 14.6. The van der Waals surface area contributed by atoms with Gasteiger partial charge < -0.3 is 15.0 Å². The second-order valence-electron chi connectivity index (χ2n) is 9.04. The molecule has 0 saturated heterocycles. The van der Waals surface area contributed by atoms with Gasteiger partial charge in [-0.25, -0.2) is 8.42 Å². The molecule has 1 atom stereocenters. The smallest absolute Gasteiger partial charge is 0.264 e. The third-order valence-corrected chi connectivity index (χ3v) is 8.25. The van der Waals surface area contributed by atoms with E-state index in [9.17, 15) is 18.0 Å². The highest BCUT2D eigenvalue weighted by Crippen LogP contribution is 2.25. The summed E-state index contributed by atoms with van der Waals surface area (Å²) in [4.78, 5) is 28.5. The number of amides is 2. The number of rotatable bonds is 13. The Kier molecular flexibility index (Phi) is 10.5. The lowest BCUT2D eigenvalue weighted by atomic mass is 10.1. The van der Waals surface area contributed by atoms with Gasteiger partial charge in [0.15, 0.2) is 0 Å². The summed E-state index contributed by atoms with van der Waals surface area (Å²) in [6.45, 7) is 5.71. The minimum atomic E-state index is -4.08. The summed E-state index contributed by atoms with van der Waals surface area (Å²) in [5.41, 5.74) is 2.18. The van der Waals surface area contributed by atoms with E-state index in [1.807, 2.05) is 45.0 Å². The number of benzene rings is 3. The predicted molar refractivity (Wildman–Crippen MR) is 153 cm³/mol. The lowest BCUT2D eigenvalue weighted by molar-refractivity contribution is -0.140. The van der Waals surface area contributed by atoms with Crippen LogP contribution in [0.3, 0.4) is 0 Å². The average molecular weight is 552 g/mol. The van der Waals surface area contributed by atoms with Crippen LogP contribution in [0.5, 0.6) is 5.75 Å². The van der Waals surface area contributed by atoms with E-state index in [-0.39, 0.29) is 17.3 Å². The SMILES string of the molecule is CCNC(=O)C(CC)N(Cc1cccc(OC)c1)C(=O)CN(c1ccc(CC)cc1)S(=O)(=O)c1ccccc1. The number of carbonyl (C=O) groups is 2. The molecule has 0 spiro atoms. The summed E-state index contributed by atoms with van der Waals surface area (Å²) < 4.78 is 34.1. The summed E-state index contributed by atoms with van der Waals surface area (Å²) in [5, 5.41) is 2.80. The number of hydrogen-bond donors (Lipinski definition) is 1. The Bertz CT molecular complexity index is 1340. The van der Waals surface area contributed by atoms with Crippen molar-refractivity contribution in [2.75, 3.05) is 24.5 Å². The van der Waals surface area contributed by atoms with Gasteiger partial charge in [0, 0.05) is 13.1 Å². The first-order valence-electron chi connectivity index (χ1n) is 13.1. The molecule has 9 heteroatoms. The fourth-order valence-corrected chi connectivity index (χ4v) is 5.76. The molecule has 0 saturated carbocycles. The van der Waals surface area contributed by atoms with Crippen LogP contribution in [0.1, 0.15) is 38.3 Å². The van der Waals surface area contributed by atoms with Crippen molar-refractivity contribution in [3.8, 4) is 5.75 Å². The molecule has 39 heavy (non-hydrogen) atoms. The number of anilines is 1. The van der Waals surface area contributed by atoms with Crippen LogP contribution in [-0.4, -0.2) is 51.4 Å². The maximum atomic E-state index is 14.0. The third-order valence-electron chi connectivity index (χ3n) is 6.47. The summed E-state index contributed by atoms with van der Waals surface area (Å²) in [5.74, 6) is -0.161. The van der Waals surface area contributed by atoms with E-state index in [1.54, 1.807) is 49.6 Å². The van der Waals surface area contributed by atoms with Crippen molar-refractivity contribution in [1.82, 2.24) is 10.2 Å². The van der Waals surface area contributed by atoms with Crippen molar-refractivity contribution in [2.45, 2.75) is 51.1 Å². The van der Waals surface area contributed by atoms with Gasteiger partial charge in [-0.3, -0.25) is 13.9 Å². The van der Waals surface area contributed by atoms with Crippen LogP contribution in [0.25, 0.3) is 0 Å². The fraction of sp³-hybridized carbons (Fsp3) is 0.333. The monoisotopic (exact) mass is 551 g/mol.